The van der Waals surface area contributed by atoms with Gasteiger partial charge in [-0.3, -0.25) is 14.4 Å². The lowest BCUT2D eigenvalue weighted by atomic mass is 10.1. The topological polar surface area (TPSA) is 119 Å². The number of carbonyl (C=O) groups excluding carboxylic acids is 2. The molecule has 1 aliphatic heterocycles. The van der Waals surface area contributed by atoms with Crippen molar-refractivity contribution in [2.75, 3.05) is 13.4 Å². The second kappa shape index (κ2) is 9.96. The number of aliphatic hydroxyl groups excluding tert-OH is 1. The molecule has 1 aromatic heterocycles. The zero-order chi connectivity index (χ0) is 24.2. The van der Waals surface area contributed by atoms with Crippen LogP contribution in [0, 0.1) is 0 Å². The number of fused-ring (bicyclic) bond motifs is 2. The summed E-state index contributed by atoms with van der Waals surface area (Å²) in [7, 11) is 0. The molecule has 3 aromatic rings. The van der Waals surface area contributed by atoms with E-state index in [1.54, 1.807) is 16.7 Å². The lowest BCUT2D eigenvalue weighted by Gasteiger charge is -2.20. The van der Waals surface area contributed by atoms with Gasteiger partial charge in [-0.05, 0) is 31.9 Å². The van der Waals surface area contributed by atoms with E-state index >= 15 is 0 Å². The summed E-state index contributed by atoms with van der Waals surface area (Å²) in [5, 5.41) is 15.4. The van der Waals surface area contributed by atoms with Crippen molar-refractivity contribution in [2.45, 2.75) is 38.9 Å². The fraction of sp³-hybridized carbons (Fsp3) is 0.320. The number of aliphatic hydroxyl groups is 1. The summed E-state index contributed by atoms with van der Waals surface area (Å²) in [6.07, 6.45) is 1.94. The first-order valence-corrected chi connectivity index (χ1v) is 11.1. The summed E-state index contributed by atoms with van der Waals surface area (Å²) in [6.45, 7) is 3.77. The molecular weight excluding hydrogens is 438 g/mol. The predicted octanol–water partition coefficient (Wildman–Crippen LogP) is 1.59. The van der Waals surface area contributed by atoms with E-state index in [1.165, 1.54) is 13.1 Å². The number of hydrogen-bond donors (Lipinski definition) is 3. The number of rotatable bonds is 8. The second-order valence-corrected chi connectivity index (χ2v) is 8.15. The zero-order valence-electron chi connectivity index (χ0n) is 19.0. The Labute approximate surface area is 196 Å². The minimum Gasteiger partial charge on any atom is -0.454 e. The van der Waals surface area contributed by atoms with Crippen molar-refractivity contribution in [3.05, 3.63) is 70.0 Å². The van der Waals surface area contributed by atoms with E-state index in [-0.39, 0.29) is 19.0 Å². The third-order valence-corrected chi connectivity index (χ3v) is 5.79. The van der Waals surface area contributed by atoms with Gasteiger partial charge in [0.2, 0.25) is 18.1 Å². The molecule has 0 saturated carbocycles. The van der Waals surface area contributed by atoms with Gasteiger partial charge in [-0.15, -0.1) is 0 Å². The molecule has 178 valence electrons. The SMILES string of the molecule is CCn1cc(C(=O)N[C@@H](C)C(=O)NC(CO)Cc2ccccc2)c(=O)c2cc3c(cc21)OCO3. The standard InChI is InChI=1S/C25H27N3O6/c1-3-28-12-19(23(30)18-10-21-22(11-20(18)28)34-14-33-21)25(32)26-15(2)24(31)27-17(13-29)9-16-7-5-4-6-8-16/h4-8,10-12,15,17,29H,3,9,13-14H2,1-2H3,(H,26,32)(H,27,31)/t15-,17?/m0/s1. The Balaban J connectivity index is 1.50. The molecule has 1 unspecified atom stereocenters. The monoisotopic (exact) mass is 465 g/mol. The fourth-order valence-electron chi connectivity index (χ4n) is 3.93. The average Bonchev–Trinajstić information content (AvgIpc) is 3.31. The summed E-state index contributed by atoms with van der Waals surface area (Å²) < 4.78 is 12.6. The maximum Gasteiger partial charge on any atom is 0.257 e. The van der Waals surface area contributed by atoms with Gasteiger partial charge < -0.3 is 29.8 Å². The molecule has 34 heavy (non-hydrogen) atoms. The third-order valence-electron chi connectivity index (χ3n) is 5.79. The van der Waals surface area contributed by atoms with Gasteiger partial charge in [0, 0.05) is 18.8 Å². The Hall–Kier alpha value is -3.85. The van der Waals surface area contributed by atoms with Gasteiger partial charge in [-0.25, -0.2) is 0 Å². The average molecular weight is 466 g/mol. The lowest BCUT2D eigenvalue weighted by Crippen LogP contribution is -2.50. The molecule has 3 N–H and O–H groups in total. The van der Waals surface area contributed by atoms with Crippen LogP contribution in [-0.2, 0) is 17.8 Å². The molecule has 4 rings (SSSR count). The highest BCUT2D eigenvalue weighted by Gasteiger charge is 2.24. The van der Waals surface area contributed by atoms with Crippen LogP contribution in [0.25, 0.3) is 10.9 Å². The van der Waals surface area contributed by atoms with Gasteiger partial charge in [0.25, 0.3) is 5.91 Å². The molecule has 9 nitrogen and oxygen atoms in total. The van der Waals surface area contributed by atoms with Crippen molar-refractivity contribution in [1.82, 2.24) is 15.2 Å². The van der Waals surface area contributed by atoms with E-state index < -0.39 is 29.3 Å². The van der Waals surface area contributed by atoms with Crippen molar-refractivity contribution in [2.24, 2.45) is 0 Å². The van der Waals surface area contributed by atoms with Gasteiger partial charge in [0.1, 0.15) is 11.6 Å². The highest BCUT2D eigenvalue weighted by Crippen LogP contribution is 2.35. The Morgan fingerprint density at radius 1 is 1.12 bits per heavy atom. The Bertz CT molecular complexity index is 1270. The molecule has 0 spiro atoms. The Kier molecular flexibility index (Phi) is 6.83. The first-order valence-electron chi connectivity index (χ1n) is 11.1. The van der Waals surface area contributed by atoms with Crippen LogP contribution in [0.4, 0.5) is 0 Å². The molecule has 0 fully saturated rings. The minimum atomic E-state index is -0.917. The molecule has 9 heteroatoms. The molecule has 0 bridgehead atoms. The summed E-state index contributed by atoms with van der Waals surface area (Å²) in [4.78, 5) is 38.7. The summed E-state index contributed by atoms with van der Waals surface area (Å²) >= 11 is 0. The van der Waals surface area contributed by atoms with Crippen molar-refractivity contribution >= 4 is 22.7 Å². The molecule has 0 radical (unpaired) electrons. The van der Waals surface area contributed by atoms with Crippen LogP contribution < -0.4 is 25.5 Å². The van der Waals surface area contributed by atoms with Crippen molar-refractivity contribution in [3.63, 3.8) is 0 Å². The second-order valence-electron chi connectivity index (χ2n) is 8.15. The van der Waals surface area contributed by atoms with E-state index in [9.17, 15) is 19.5 Å². The Morgan fingerprint density at radius 2 is 1.82 bits per heavy atom. The largest absolute Gasteiger partial charge is 0.454 e. The lowest BCUT2D eigenvalue weighted by molar-refractivity contribution is -0.123. The van der Waals surface area contributed by atoms with Gasteiger partial charge in [-0.1, -0.05) is 30.3 Å². The zero-order valence-corrected chi connectivity index (χ0v) is 19.0. The molecule has 2 heterocycles. The van der Waals surface area contributed by atoms with Crippen molar-refractivity contribution < 1.29 is 24.2 Å². The number of amides is 2. The van der Waals surface area contributed by atoms with Gasteiger partial charge in [0.15, 0.2) is 11.5 Å². The van der Waals surface area contributed by atoms with Crippen LogP contribution in [0.3, 0.4) is 0 Å². The predicted molar refractivity (Wildman–Crippen MR) is 126 cm³/mol. The number of ether oxygens (including phenoxy) is 2. The first-order chi connectivity index (χ1) is 16.4. The van der Waals surface area contributed by atoms with E-state index in [1.807, 2.05) is 37.3 Å². The van der Waals surface area contributed by atoms with Gasteiger partial charge in [-0.2, -0.15) is 0 Å². The fourth-order valence-corrected chi connectivity index (χ4v) is 3.93. The van der Waals surface area contributed by atoms with Crippen molar-refractivity contribution in [3.8, 4) is 11.5 Å². The summed E-state index contributed by atoms with van der Waals surface area (Å²) in [5.74, 6) is -0.113. The van der Waals surface area contributed by atoms with E-state index in [0.717, 1.165) is 5.56 Å². The van der Waals surface area contributed by atoms with Gasteiger partial charge in [0.05, 0.1) is 23.6 Å². The normalized spacial score (nSPS) is 14.0. The quantitative estimate of drug-likeness (QED) is 0.465. The Morgan fingerprint density at radius 3 is 2.50 bits per heavy atom. The highest BCUT2D eigenvalue weighted by atomic mass is 16.7. The van der Waals surface area contributed by atoms with Crippen LogP contribution in [-0.4, -0.2) is 47.0 Å². The van der Waals surface area contributed by atoms with E-state index in [0.29, 0.717) is 35.4 Å². The number of aryl methyl sites for hydroxylation is 1. The molecule has 2 atom stereocenters. The molecular formula is C25H27N3O6. The number of hydrogen-bond acceptors (Lipinski definition) is 6. The molecule has 0 aliphatic carbocycles. The number of nitrogens with zero attached hydrogens (tertiary/aromatic N) is 1. The van der Waals surface area contributed by atoms with Crippen molar-refractivity contribution in [1.29, 1.82) is 0 Å². The number of aromatic nitrogens is 1. The third kappa shape index (κ3) is 4.74. The van der Waals surface area contributed by atoms with E-state index in [4.69, 9.17) is 9.47 Å². The minimum absolute atomic E-state index is 0.0733. The van der Waals surface area contributed by atoms with Crippen LogP contribution in [0.5, 0.6) is 11.5 Å². The summed E-state index contributed by atoms with van der Waals surface area (Å²) in [5.41, 5.74) is 1.07. The highest BCUT2D eigenvalue weighted by molar-refractivity contribution is 6.00. The molecule has 1 aliphatic rings. The number of pyridine rings is 1. The van der Waals surface area contributed by atoms with E-state index in [2.05, 4.69) is 10.6 Å². The molecule has 0 saturated heterocycles. The molecule has 2 amide bonds. The van der Waals surface area contributed by atoms with Crippen LogP contribution in [0.15, 0.2) is 53.5 Å². The number of benzene rings is 2. The smallest absolute Gasteiger partial charge is 0.257 e. The van der Waals surface area contributed by atoms with Crippen LogP contribution in [0.1, 0.15) is 29.8 Å². The molecule has 2 aromatic carbocycles. The first kappa shape index (κ1) is 23.3. The number of carbonyl (C=O) groups is 2. The van der Waals surface area contributed by atoms with Gasteiger partial charge >= 0.3 is 0 Å². The van der Waals surface area contributed by atoms with Crippen LogP contribution >= 0.6 is 0 Å². The number of nitrogens with one attached hydrogen (secondary N) is 2. The summed E-state index contributed by atoms with van der Waals surface area (Å²) in [6, 6.07) is 11.4. The van der Waals surface area contributed by atoms with Crippen LogP contribution in [0.2, 0.25) is 0 Å². The maximum absolute atomic E-state index is 13.1. The maximum atomic E-state index is 13.1.